The van der Waals surface area contributed by atoms with Crippen molar-refractivity contribution >= 4 is 5.78 Å². The molecule has 0 saturated heterocycles. The van der Waals surface area contributed by atoms with Gasteiger partial charge in [-0.3, -0.25) is 4.79 Å². The molecule has 1 saturated carbocycles. The average molecular weight is 250 g/mol. The standard InChI is InChI=1S/C18H18O/c19-18-8-4-7-17(18)13-14-9-11-16(12-10-14)15-5-2-1-3-6-15/h1-3,5-6,9-12,17H,4,7-8,13H2. The number of Topliss-reactive ketones (excluding diaryl/α,β-unsaturated/α-hetero) is 1. The van der Waals surface area contributed by atoms with Crippen molar-refractivity contribution in [3.05, 3.63) is 60.2 Å². The minimum Gasteiger partial charge on any atom is -0.299 e. The van der Waals surface area contributed by atoms with E-state index in [1.54, 1.807) is 0 Å². The number of benzene rings is 2. The molecule has 0 radical (unpaired) electrons. The summed E-state index contributed by atoms with van der Waals surface area (Å²) in [6.07, 6.45) is 3.84. The van der Waals surface area contributed by atoms with Crippen LogP contribution in [0.15, 0.2) is 54.6 Å². The molecular weight excluding hydrogens is 232 g/mol. The second-order valence-corrected chi connectivity index (χ2v) is 5.32. The van der Waals surface area contributed by atoms with E-state index in [0.717, 1.165) is 25.7 Å². The van der Waals surface area contributed by atoms with Crippen molar-refractivity contribution in [1.82, 2.24) is 0 Å². The van der Waals surface area contributed by atoms with Gasteiger partial charge in [0.15, 0.2) is 0 Å². The largest absolute Gasteiger partial charge is 0.299 e. The van der Waals surface area contributed by atoms with E-state index >= 15 is 0 Å². The van der Waals surface area contributed by atoms with Crippen LogP contribution >= 0.6 is 0 Å². The zero-order chi connectivity index (χ0) is 13.1. The van der Waals surface area contributed by atoms with Crippen molar-refractivity contribution in [2.75, 3.05) is 0 Å². The summed E-state index contributed by atoms with van der Waals surface area (Å²) in [5, 5.41) is 0. The maximum absolute atomic E-state index is 11.7. The molecule has 1 aliphatic carbocycles. The van der Waals surface area contributed by atoms with E-state index in [1.807, 2.05) is 6.07 Å². The maximum Gasteiger partial charge on any atom is 0.136 e. The molecule has 0 bridgehead atoms. The van der Waals surface area contributed by atoms with Crippen molar-refractivity contribution in [1.29, 1.82) is 0 Å². The summed E-state index contributed by atoms with van der Waals surface area (Å²) in [4.78, 5) is 11.7. The second-order valence-electron chi connectivity index (χ2n) is 5.32. The summed E-state index contributed by atoms with van der Waals surface area (Å²) in [6.45, 7) is 0. The summed E-state index contributed by atoms with van der Waals surface area (Å²) in [6, 6.07) is 19.0. The van der Waals surface area contributed by atoms with Crippen LogP contribution in [0.25, 0.3) is 11.1 Å². The van der Waals surface area contributed by atoms with Crippen LogP contribution in [-0.2, 0) is 11.2 Å². The zero-order valence-electron chi connectivity index (χ0n) is 11.0. The Kier molecular flexibility index (Phi) is 3.45. The molecule has 1 heteroatoms. The molecule has 1 unspecified atom stereocenters. The van der Waals surface area contributed by atoms with Crippen molar-refractivity contribution in [2.24, 2.45) is 5.92 Å². The van der Waals surface area contributed by atoms with E-state index in [1.165, 1.54) is 16.7 Å². The molecule has 0 N–H and O–H groups in total. The van der Waals surface area contributed by atoms with Crippen LogP contribution in [0.2, 0.25) is 0 Å². The molecule has 0 amide bonds. The molecule has 1 nitrogen and oxygen atoms in total. The molecule has 96 valence electrons. The number of ketones is 1. The highest BCUT2D eigenvalue weighted by atomic mass is 16.1. The Labute approximate surface area is 114 Å². The van der Waals surface area contributed by atoms with Crippen molar-refractivity contribution in [3.8, 4) is 11.1 Å². The van der Waals surface area contributed by atoms with Crippen LogP contribution in [0.1, 0.15) is 24.8 Å². The van der Waals surface area contributed by atoms with Crippen LogP contribution < -0.4 is 0 Å². The first-order valence-electron chi connectivity index (χ1n) is 7.00. The van der Waals surface area contributed by atoms with Gasteiger partial charge in [0.1, 0.15) is 5.78 Å². The van der Waals surface area contributed by atoms with Gasteiger partial charge < -0.3 is 0 Å². The lowest BCUT2D eigenvalue weighted by Gasteiger charge is -2.08. The molecule has 0 aliphatic heterocycles. The monoisotopic (exact) mass is 250 g/mol. The summed E-state index contributed by atoms with van der Waals surface area (Å²) in [5.74, 6) is 0.717. The summed E-state index contributed by atoms with van der Waals surface area (Å²) in [5.41, 5.74) is 3.76. The van der Waals surface area contributed by atoms with Crippen molar-refractivity contribution in [3.63, 3.8) is 0 Å². The molecule has 1 aliphatic rings. The summed E-state index contributed by atoms with van der Waals surface area (Å²) < 4.78 is 0. The third-order valence-corrected chi connectivity index (χ3v) is 3.97. The molecular formula is C18H18O. The highest BCUT2D eigenvalue weighted by Crippen LogP contribution is 2.26. The van der Waals surface area contributed by atoms with E-state index in [-0.39, 0.29) is 5.92 Å². The fourth-order valence-corrected chi connectivity index (χ4v) is 2.85. The Morgan fingerprint density at radius 1 is 0.895 bits per heavy atom. The SMILES string of the molecule is O=C1CCCC1Cc1ccc(-c2ccccc2)cc1. The first-order valence-corrected chi connectivity index (χ1v) is 7.00. The first-order chi connectivity index (χ1) is 9.33. The Morgan fingerprint density at radius 3 is 2.21 bits per heavy atom. The van der Waals surface area contributed by atoms with Gasteiger partial charge in [-0.1, -0.05) is 54.6 Å². The summed E-state index contributed by atoms with van der Waals surface area (Å²) >= 11 is 0. The quantitative estimate of drug-likeness (QED) is 0.795. The van der Waals surface area contributed by atoms with E-state index < -0.39 is 0 Å². The molecule has 19 heavy (non-hydrogen) atoms. The van der Waals surface area contributed by atoms with Crippen LogP contribution in [-0.4, -0.2) is 5.78 Å². The van der Waals surface area contributed by atoms with Gasteiger partial charge in [-0.15, -0.1) is 0 Å². The third kappa shape index (κ3) is 2.76. The molecule has 3 rings (SSSR count). The van der Waals surface area contributed by atoms with Crippen LogP contribution in [0.5, 0.6) is 0 Å². The summed E-state index contributed by atoms with van der Waals surface area (Å²) in [7, 11) is 0. The lowest BCUT2D eigenvalue weighted by Crippen LogP contribution is -2.09. The normalized spacial score (nSPS) is 18.7. The average Bonchev–Trinajstić information content (AvgIpc) is 2.86. The smallest absolute Gasteiger partial charge is 0.136 e. The molecule has 0 aromatic heterocycles. The second kappa shape index (κ2) is 5.40. The topological polar surface area (TPSA) is 17.1 Å². The van der Waals surface area contributed by atoms with Gasteiger partial charge in [0.2, 0.25) is 0 Å². The Morgan fingerprint density at radius 2 is 1.58 bits per heavy atom. The molecule has 0 spiro atoms. The lowest BCUT2D eigenvalue weighted by molar-refractivity contribution is -0.120. The minimum atomic E-state index is 0.266. The zero-order valence-corrected chi connectivity index (χ0v) is 11.0. The molecule has 1 atom stereocenters. The van der Waals surface area contributed by atoms with Gasteiger partial charge in [-0.05, 0) is 36.0 Å². The van der Waals surface area contributed by atoms with Crippen molar-refractivity contribution in [2.45, 2.75) is 25.7 Å². The highest BCUT2D eigenvalue weighted by Gasteiger charge is 2.24. The number of rotatable bonds is 3. The van der Waals surface area contributed by atoms with Crippen molar-refractivity contribution < 1.29 is 4.79 Å². The minimum absolute atomic E-state index is 0.266. The number of hydrogen-bond acceptors (Lipinski definition) is 1. The number of hydrogen-bond donors (Lipinski definition) is 0. The van der Waals surface area contributed by atoms with Gasteiger partial charge >= 0.3 is 0 Å². The molecule has 1 fully saturated rings. The fourth-order valence-electron chi connectivity index (χ4n) is 2.85. The van der Waals surface area contributed by atoms with E-state index in [2.05, 4.69) is 48.5 Å². The van der Waals surface area contributed by atoms with Gasteiger partial charge in [0, 0.05) is 12.3 Å². The Bertz CT molecular complexity index is 554. The Hall–Kier alpha value is -1.89. The molecule has 2 aromatic rings. The maximum atomic E-state index is 11.7. The van der Waals surface area contributed by atoms with E-state index in [9.17, 15) is 4.79 Å². The molecule has 2 aromatic carbocycles. The fraction of sp³-hybridized carbons (Fsp3) is 0.278. The number of carbonyl (C=O) groups is 1. The van der Waals surface area contributed by atoms with Crippen LogP contribution in [0.3, 0.4) is 0 Å². The van der Waals surface area contributed by atoms with E-state index in [4.69, 9.17) is 0 Å². The lowest BCUT2D eigenvalue weighted by atomic mass is 9.95. The van der Waals surface area contributed by atoms with Gasteiger partial charge in [0.05, 0.1) is 0 Å². The first kappa shape index (κ1) is 12.2. The highest BCUT2D eigenvalue weighted by molar-refractivity contribution is 5.83. The van der Waals surface area contributed by atoms with Gasteiger partial charge in [-0.25, -0.2) is 0 Å². The number of carbonyl (C=O) groups excluding carboxylic acids is 1. The van der Waals surface area contributed by atoms with Gasteiger partial charge in [0.25, 0.3) is 0 Å². The Balaban J connectivity index is 1.74. The molecule has 0 heterocycles. The van der Waals surface area contributed by atoms with E-state index in [0.29, 0.717) is 5.78 Å². The predicted molar refractivity (Wildman–Crippen MR) is 77.9 cm³/mol. The predicted octanol–water partition coefficient (Wildman–Crippen LogP) is 4.27. The van der Waals surface area contributed by atoms with Crippen LogP contribution in [0.4, 0.5) is 0 Å². The third-order valence-electron chi connectivity index (χ3n) is 3.97. The van der Waals surface area contributed by atoms with Gasteiger partial charge in [-0.2, -0.15) is 0 Å². The van der Waals surface area contributed by atoms with Crippen LogP contribution in [0, 0.1) is 5.92 Å².